The van der Waals surface area contributed by atoms with Crippen LogP contribution in [0.1, 0.15) is 35.8 Å². The molecular weight excluding hydrogens is 380 g/mol. The van der Waals surface area contributed by atoms with Crippen molar-refractivity contribution < 1.29 is 5.11 Å². The lowest BCUT2D eigenvalue weighted by atomic mass is 9.96. The Kier molecular flexibility index (Phi) is 4.70. The first-order valence-electron chi connectivity index (χ1n) is 9.95. The normalized spacial score (nSPS) is 18.5. The lowest BCUT2D eigenvalue weighted by Crippen LogP contribution is -2.31. The fourth-order valence-electron chi connectivity index (χ4n) is 4.26. The molecule has 1 aliphatic heterocycles. The van der Waals surface area contributed by atoms with Crippen molar-refractivity contribution in [1.29, 1.82) is 0 Å². The number of rotatable bonds is 3. The van der Waals surface area contributed by atoms with Crippen LogP contribution < -0.4 is 0 Å². The summed E-state index contributed by atoms with van der Waals surface area (Å²) in [5, 5.41) is 15.3. The molecule has 6 heteroatoms. The maximum absolute atomic E-state index is 11.0. The van der Waals surface area contributed by atoms with Gasteiger partial charge in [0.15, 0.2) is 0 Å². The highest BCUT2D eigenvalue weighted by atomic mass is 32.1. The molecule has 0 saturated carbocycles. The summed E-state index contributed by atoms with van der Waals surface area (Å²) in [6.45, 7) is 3.77. The molecule has 2 aromatic heterocycles. The van der Waals surface area contributed by atoms with Crippen molar-refractivity contribution in [1.82, 2.24) is 19.7 Å². The third-order valence-electron chi connectivity index (χ3n) is 6.00. The number of aliphatic hydroxyl groups excluding tert-OH is 1. The first-order chi connectivity index (χ1) is 14.1. The fraction of sp³-hybridized carbons (Fsp3) is 0.304. The minimum absolute atomic E-state index is 0.225. The molecule has 0 bridgehead atoms. The molecule has 0 aliphatic carbocycles. The summed E-state index contributed by atoms with van der Waals surface area (Å²) in [5.41, 5.74) is 8.65. The number of aromatic nitrogens is 3. The highest BCUT2D eigenvalue weighted by Gasteiger charge is 2.26. The largest absolute Gasteiger partial charge is 0.387 e. The Bertz CT molecular complexity index is 1160. The number of aliphatic hydroxyl groups is 1. The van der Waals surface area contributed by atoms with Crippen molar-refractivity contribution in [2.75, 3.05) is 13.1 Å². The minimum Gasteiger partial charge on any atom is -0.387 e. The standard InChI is InChI=1S/C23H24N4OS/c1-15(17-5-6-23-21(10-17)24-14-29-23)27-8-7-16-3-4-18(9-20(16)22(28)13-27)19-11-25-26(2)12-19/h3-6,9-12,14-15,22,28H,7-8,13H2,1-2H3. The molecule has 3 heterocycles. The van der Waals surface area contributed by atoms with Gasteiger partial charge in [-0.2, -0.15) is 5.10 Å². The van der Waals surface area contributed by atoms with Crippen molar-refractivity contribution >= 4 is 21.6 Å². The van der Waals surface area contributed by atoms with Crippen LogP contribution in [0, 0.1) is 0 Å². The average molecular weight is 405 g/mol. The van der Waals surface area contributed by atoms with Crippen molar-refractivity contribution in [3.8, 4) is 11.1 Å². The van der Waals surface area contributed by atoms with Gasteiger partial charge >= 0.3 is 0 Å². The Morgan fingerprint density at radius 3 is 2.90 bits per heavy atom. The van der Waals surface area contributed by atoms with Gasteiger partial charge in [0.25, 0.3) is 0 Å². The SMILES string of the molecule is CC(c1ccc2scnc2c1)N1CCc2ccc(-c3cnn(C)c3)cc2C(O)C1. The predicted octanol–water partition coefficient (Wildman–Crippen LogP) is 4.35. The van der Waals surface area contributed by atoms with E-state index in [0.717, 1.165) is 35.2 Å². The van der Waals surface area contributed by atoms with Gasteiger partial charge in [-0.1, -0.05) is 18.2 Å². The van der Waals surface area contributed by atoms with E-state index in [2.05, 4.69) is 58.3 Å². The lowest BCUT2D eigenvalue weighted by molar-refractivity contribution is 0.0985. The number of thiazole rings is 1. The van der Waals surface area contributed by atoms with E-state index in [9.17, 15) is 5.11 Å². The monoisotopic (exact) mass is 404 g/mol. The van der Waals surface area contributed by atoms with Crippen LogP contribution in [0.15, 0.2) is 54.3 Å². The zero-order valence-corrected chi connectivity index (χ0v) is 17.4. The van der Waals surface area contributed by atoms with E-state index in [1.165, 1.54) is 15.8 Å². The summed E-state index contributed by atoms with van der Waals surface area (Å²) in [4.78, 5) is 6.83. The molecule has 2 atom stereocenters. The summed E-state index contributed by atoms with van der Waals surface area (Å²) in [6.07, 6.45) is 4.31. The van der Waals surface area contributed by atoms with Gasteiger partial charge in [-0.05, 0) is 53.8 Å². The topological polar surface area (TPSA) is 54.2 Å². The highest BCUT2D eigenvalue weighted by molar-refractivity contribution is 7.16. The number of benzene rings is 2. The van der Waals surface area contributed by atoms with Gasteiger partial charge in [-0.3, -0.25) is 9.58 Å². The summed E-state index contributed by atoms with van der Waals surface area (Å²) >= 11 is 1.67. The van der Waals surface area contributed by atoms with E-state index < -0.39 is 6.10 Å². The number of aryl methyl sites for hydroxylation is 1. The highest BCUT2D eigenvalue weighted by Crippen LogP contribution is 2.33. The van der Waals surface area contributed by atoms with Gasteiger partial charge in [-0.25, -0.2) is 4.98 Å². The summed E-state index contributed by atoms with van der Waals surface area (Å²) in [5.74, 6) is 0. The quantitative estimate of drug-likeness (QED) is 0.552. The number of hydrogen-bond donors (Lipinski definition) is 1. The third kappa shape index (κ3) is 3.48. The van der Waals surface area contributed by atoms with Gasteiger partial charge in [0.05, 0.1) is 28.0 Å². The van der Waals surface area contributed by atoms with Gasteiger partial charge in [0, 0.05) is 37.9 Å². The number of hydrogen-bond acceptors (Lipinski definition) is 5. The van der Waals surface area contributed by atoms with Crippen LogP contribution in [0.4, 0.5) is 0 Å². The van der Waals surface area contributed by atoms with Crippen molar-refractivity contribution in [2.24, 2.45) is 7.05 Å². The number of β-amino-alcohol motifs (C(OH)–C–C–N with tert-alkyl or cyclic N) is 1. The lowest BCUT2D eigenvalue weighted by Gasteiger charge is -2.29. The Labute approximate surface area is 174 Å². The molecule has 0 radical (unpaired) electrons. The Morgan fingerprint density at radius 1 is 1.17 bits per heavy atom. The fourth-order valence-corrected chi connectivity index (χ4v) is 4.91. The van der Waals surface area contributed by atoms with E-state index in [1.807, 2.05) is 25.0 Å². The molecule has 1 N–H and O–H groups in total. The smallest absolute Gasteiger partial charge is 0.0920 e. The third-order valence-corrected chi connectivity index (χ3v) is 6.81. The molecule has 0 fully saturated rings. The second kappa shape index (κ2) is 7.37. The van der Waals surface area contributed by atoms with E-state index in [-0.39, 0.29) is 6.04 Å². The van der Waals surface area contributed by atoms with E-state index in [0.29, 0.717) is 6.54 Å². The molecular formula is C23H24N4OS. The van der Waals surface area contributed by atoms with E-state index >= 15 is 0 Å². The molecule has 29 heavy (non-hydrogen) atoms. The van der Waals surface area contributed by atoms with Crippen LogP contribution in [0.2, 0.25) is 0 Å². The van der Waals surface area contributed by atoms with E-state index in [1.54, 1.807) is 16.0 Å². The van der Waals surface area contributed by atoms with Gasteiger partial charge in [-0.15, -0.1) is 11.3 Å². The Balaban J connectivity index is 1.41. The van der Waals surface area contributed by atoms with E-state index in [4.69, 9.17) is 0 Å². The second-order valence-corrected chi connectivity index (χ2v) is 8.72. The Hall–Kier alpha value is -2.54. The maximum Gasteiger partial charge on any atom is 0.0920 e. The van der Waals surface area contributed by atoms with Gasteiger partial charge in [0.1, 0.15) is 0 Å². The van der Waals surface area contributed by atoms with Crippen LogP contribution in [-0.2, 0) is 13.5 Å². The summed E-state index contributed by atoms with van der Waals surface area (Å²) in [7, 11) is 1.92. The first kappa shape index (κ1) is 18.5. The maximum atomic E-state index is 11.0. The van der Waals surface area contributed by atoms with Crippen LogP contribution in [-0.4, -0.2) is 37.9 Å². The van der Waals surface area contributed by atoms with Crippen LogP contribution in [0.5, 0.6) is 0 Å². The minimum atomic E-state index is -0.505. The molecule has 0 spiro atoms. The van der Waals surface area contributed by atoms with Crippen molar-refractivity contribution in [3.63, 3.8) is 0 Å². The van der Waals surface area contributed by atoms with Crippen LogP contribution in [0.3, 0.4) is 0 Å². The van der Waals surface area contributed by atoms with Crippen molar-refractivity contribution in [3.05, 3.63) is 71.0 Å². The molecule has 2 unspecified atom stereocenters. The molecule has 2 aromatic carbocycles. The molecule has 5 rings (SSSR count). The molecule has 0 saturated heterocycles. The zero-order chi connectivity index (χ0) is 20.0. The zero-order valence-electron chi connectivity index (χ0n) is 16.6. The van der Waals surface area contributed by atoms with Crippen LogP contribution >= 0.6 is 11.3 Å². The first-order valence-corrected chi connectivity index (χ1v) is 10.8. The molecule has 148 valence electrons. The molecule has 0 amide bonds. The number of fused-ring (bicyclic) bond motifs is 2. The summed E-state index contributed by atoms with van der Waals surface area (Å²) < 4.78 is 3.02. The number of nitrogens with zero attached hydrogens (tertiary/aromatic N) is 4. The molecule has 1 aliphatic rings. The predicted molar refractivity (Wildman–Crippen MR) is 117 cm³/mol. The van der Waals surface area contributed by atoms with Crippen molar-refractivity contribution in [2.45, 2.75) is 25.5 Å². The summed E-state index contributed by atoms with van der Waals surface area (Å²) in [6, 6.07) is 13.2. The molecule has 5 nitrogen and oxygen atoms in total. The average Bonchev–Trinajstić information content (AvgIpc) is 3.34. The second-order valence-electron chi connectivity index (χ2n) is 7.83. The molecule has 4 aromatic rings. The van der Waals surface area contributed by atoms with Crippen LogP contribution in [0.25, 0.3) is 21.3 Å². The van der Waals surface area contributed by atoms with Gasteiger partial charge < -0.3 is 5.11 Å². The van der Waals surface area contributed by atoms with Gasteiger partial charge in [0.2, 0.25) is 0 Å². The Morgan fingerprint density at radius 2 is 2.07 bits per heavy atom.